The highest BCUT2D eigenvalue weighted by Crippen LogP contribution is 2.22. The topological polar surface area (TPSA) is 83.1 Å². The molecular weight excluding hydrogens is 348 g/mol. The van der Waals surface area contributed by atoms with Crippen molar-refractivity contribution in [2.75, 3.05) is 17.7 Å². The van der Waals surface area contributed by atoms with E-state index in [1.54, 1.807) is 42.6 Å². The molecule has 0 fully saturated rings. The van der Waals surface area contributed by atoms with Crippen molar-refractivity contribution in [3.8, 4) is 0 Å². The summed E-state index contributed by atoms with van der Waals surface area (Å²) in [5, 5.41) is 9.07. The molecule has 0 bridgehead atoms. The molecule has 0 unspecified atom stereocenters. The van der Waals surface area contributed by atoms with E-state index < -0.39 is 0 Å². The molecular formula is C19H20N4O2S. The predicted octanol–water partition coefficient (Wildman–Crippen LogP) is 4.01. The minimum absolute atomic E-state index is 0.0295. The molecule has 0 atom stereocenters. The Morgan fingerprint density at radius 2 is 1.69 bits per heavy atom. The van der Waals surface area contributed by atoms with Crippen LogP contribution in [0.5, 0.6) is 0 Å². The summed E-state index contributed by atoms with van der Waals surface area (Å²) in [7, 11) is 1.55. The number of amides is 3. The smallest absolute Gasteiger partial charge is 0.318 e. The second-order valence-electron chi connectivity index (χ2n) is 5.76. The van der Waals surface area contributed by atoms with Gasteiger partial charge in [-0.25, -0.2) is 9.78 Å². The van der Waals surface area contributed by atoms with E-state index in [4.69, 9.17) is 0 Å². The lowest BCUT2D eigenvalue weighted by Crippen LogP contribution is -2.24. The van der Waals surface area contributed by atoms with E-state index in [0.717, 1.165) is 23.4 Å². The van der Waals surface area contributed by atoms with Crippen molar-refractivity contribution < 1.29 is 9.59 Å². The van der Waals surface area contributed by atoms with Gasteiger partial charge in [0.15, 0.2) is 0 Å². The largest absolute Gasteiger partial charge is 0.341 e. The molecule has 0 saturated heterocycles. The lowest BCUT2D eigenvalue weighted by Gasteiger charge is -2.07. The van der Waals surface area contributed by atoms with Crippen LogP contribution in [0.1, 0.15) is 17.8 Å². The van der Waals surface area contributed by atoms with Crippen molar-refractivity contribution in [2.45, 2.75) is 19.3 Å². The Hall–Kier alpha value is -2.93. The van der Waals surface area contributed by atoms with E-state index in [1.165, 1.54) is 4.70 Å². The Labute approximate surface area is 155 Å². The van der Waals surface area contributed by atoms with Gasteiger partial charge in [-0.3, -0.25) is 4.79 Å². The summed E-state index contributed by atoms with van der Waals surface area (Å²) in [6.07, 6.45) is 1.98. The SMILES string of the molecule is CNC(=O)Nc1ccc(NC(=O)CCCc2nc3ccccc3s2)cc1. The number of fused-ring (bicyclic) bond motifs is 1. The third-order valence-corrected chi connectivity index (χ3v) is 4.88. The maximum Gasteiger partial charge on any atom is 0.318 e. The fourth-order valence-corrected chi connectivity index (χ4v) is 3.49. The van der Waals surface area contributed by atoms with E-state index in [2.05, 4.69) is 27.0 Å². The summed E-state index contributed by atoms with van der Waals surface area (Å²) in [4.78, 5) is 27.9. The van der Waals surface area contributed by atoms with Gasteiger partial charge in [-0.2, -0.15) is 0 Å². The van der Waals surface area contributed by atoms with E-state index in [1.807, 2.05) is 18.2 Å². The molecule has 1 aromatic heterocycles. The molecule has 26 heavy (non-hydrogen) atoms. The Bertz CT molecular complexity index is 872. The highest BCUT2D eigenvalue weighted by molar-refractivity contribution is 7.18. The number of carbonyl (C=O) groups is 2. The van der Waals surface area contributed by atoms with Crippen LogP contribution in [0.15, 0.2) is 48.5 Å². The fourth-order valence-electron chi connectivity index (χ4n) is 2.48. The van der Waals surface area contributed by atoms with Crippen LogP contribution in [0.25, 0.3) is 10.2 Å². The minimum atomic E-state index is -0.281. The van der Waals surface area contributed by atoms with Crippen LogP contribution in [-0.2, 0) is 11.2 Å². The Kier molecular flexibility index (Phi) is 5.80. The van der Waals surface area contributed by atoms with Crippen molar-refractivity contribution in [1.82, 2.24) is 10.3 Å². The third-order valence-electron chi connectivity index (χ3n) is 3.79. The summed E-state index contributed by atoms with van der Waals surface area (Å²) in [6, 6.07) is 14.8. The lowest BCUT2D eigenvalue weighted by atomic mass is 10.2. The van der Waals surface area contributed by atoms with Gasteiger partial charge in [0.05, 0.1) is 15.2 Å². The molecule has 7 heteroatoms. The van der Waals surface area contributed by atoms with Crippen LogP contribution in [0.2, 0.25) is 0 Å². The molecule has 0 spiro atoms. The standard InChI is InChI=1S/C19H20N4O2S/c1-20-19(25)22-14-11-9-13(10-12-14)21-17(24)7-4-8-18-23-15-5-2-3-6-16(15)26-18/h2-3,5-6,9-12H,4,7-8H2,1H3,(H,21,24)(H2,20,22,25). The summed E-state index contributed by atoms with van der Waals surface area (Å²) in [5.74, 6) is -0.0295. The monoisotopic (exact) mass is 368 g/mol. The molecule has 0 aliphatic rings. The molecule has 0 aliphatic heterocycles. The number of hydrogen-bond donors (Lipinski definition) is 3. The fraction of sp³-hybridized carbons (Fsp3) is 0.211. The normalized spacial score (nSPS) is 10.5. The maximum atomic E-state index is 12.1. The number of benzene rings is 2. The Morgan fingerprint density at radius 1 is 1.00 bits per heavy atom. The molecule has 2 aromatic carbocycles. The zero-order valence-corrected chi connectivity index (χ0v) is 15.2. The van der Waals surface area contributed by atoms with Crippen LogP contribution in [0, 0.1) is 0 Å². The van der Waals surface area contributed by atoms with E-state index >= 15 is 0 Å². The molecule has 6 nitrogen and oxygen atoms in total. The van der Waals surface area contributed by atoms with E-state index in [-0.39, 0.29) is 11.9 Å². The zero-order chi connectivity index (χ0) is 18.4. The number of hydrogen-bond acceptors (Lipinski definition) is 4. The Balaban J connectivity index is 1.45. The van der Waals surface area contributed by atoms with Gasteiger partial charge in [0.25, 0.3) is 0 Å². The van der Waals surface area contributed by atoms with Crippen LogP contribution >= 0.6 is 11.3 Å². The van der Waals surface area contributed by atoms with E-state index in [9.17, 15) is 9.59 Å². The van der Waals surface area contributed by atoms with Gasteiger partial charge in [0.1, 0.15) is 0 Å². The van der Waals surface area contributed by atoms with Gasteiger partial charge in [0, 0.05) is 24.8 Å². The minimum Gasteiger partial charge on any atom is -0.341 e. The highest BCUT2D eigenvalue weighted by Gasteiger charge is 2.06. The van der Waals surface area contributed by atoms with Gasteiger partial charge in [-0.15, -0.1) is 11.3 Å². The second-order valence-corrected chi connectivity index (χ2v) is 6.87. The summed E-state index contributed by atoms with van der Waals surface area (Å²) in [6.45, 7) is 0. The Morgan fingerprint density at radius 3 is 2.38 bits per heavy atom. The summed E-state index contributed by atoms with van der Waals surface area (Å²) in [5.41, 5.74) is 2.39. The van der Waals surface area contributed by atoms with Gasteiger partial charge in [-0.05, 0) is 49.2 Å². The molecule has 3 rings (SSSR count). The van der Waals surface area contributed by atoms with Crippen LogP contribution in [0.3, 0.4) is 0 Å². The van der Waals surface area contributed by atoms with E-state index in [0.29, 0.717) is 17.8 Å². The van der Waals surface area contributed by atoms with Gasteiger partial charge < -0.3 is 16.0 Å². The number of urea groups is 1. The molecule has 3 aromatic rings. The molecule has 1 heterocycles. The first-order valence-electron chi connectivity index (χ1n) is 8.37. The average molecular weight is 368 g/mol. The summed E-state index contributed by atoms with van der Waals surface area (Å²) < 4.78 is 1.18. The van der Waals surface area contributed by atoms with Crippen molar-refractivity contribution in [3.63, 3.8) is 0 Å². The number of anilines is 2. The number of carbonyl (C=O) groups excluding carboxylic acids is 2. The van der Waals surface area contributed by atoms with Crippen molar-refractivity contribution in [3.05, 3.63) is 53.5 Å². The van der Waals surface area contributed by atoms with Gasteiger partial charge >= 0.3 is 6.03 Å². The van der Waals surface area contributed by atoms with Crippen LogP contribution < -0.4 is 16.0 Å². The van der Waals surface area contributed by atoms with Gasteiger partial charge in [-0.1, -0.05) is 12.1 Å². The number of nitrogens with zero attached hydrogens (tertiary/aromatic N) is 1. The number of thiazole rings is 1. The predicted molar refractivity (Wildman–Crippen MR) is 106 cm³/mol. The summed E-state index contributed by atoms with van der Waals surface area (Å²) >= 11 is 1.68. The molecule has 0 aliphatic carbocycles. The maximum absolute atomic E-state index is 12.1. The highest BCUT2D eigenvalue weighted by atomic mass is 32.1. The van der Waals surface area contributed by atoms with Crippen molar-refractivity contribution in [2.24, 2.45) is 0 Å². The first kappa shape index (κ1) is 17.9. The first-order valence-corrected chi connectivity index (χ1v) is 9.19. The zero-order valence-electron chi connectivity index (χ0n) is 14.4. The third kappa shape index (κ3) is 4.80. The quantitative estimate of drug-likeness (QED) is 0.615. The molecule has 3 N–H and O–H groups in total. The molecule has 3 amide bonds. The first-order chi connectivity index (χ1) is 12.6. The van der Waals surface area contributed by atoms with Crippen molar-refractivity contribution >= 4 is 44.9 Å². The van der Waals surface area contributed by atoms with Gasteiger partial charge in [0.2, 0.25) is 5.91 Å². The number of aryl methyl sites for hydroxylation is 1. The number of nitrogens with one attached hydrogen (secondary N) is 3. The molecule has 0 saturated carbocycles. The van der Waals surface area contributed by atoms with Crippen LogP contribution in [0.4, 0.5) is 16.2 Å². The molecule has 0 radical (unpaired) electrons. The average Bonchev–Trinajstić information content (AvgIpc) is 3.06. The molecule has 134 valence electrons. The lowest BCUT2D eigenvalue weighted by molar-refractivity contribution is -0.116. The number of para-hydroxylation sites is 1. The van der Waals surface area contributed by atoms with Crippen molar-refractivity contribution in [1.29, 1.82) is 0 Å². The second kappa shape index (κ2) is 8.44. The number of rotatable bonds is 6. The van der Waals surface area contributed by atoms with Crippen LogP contribution in [-0.4, -0.2) is 24.0 Å². The number of aromatic nitrogens is 1.